The van der Waals surface area contributed by atoms with E-state index in [1.807, 2.05) is 11.6 Å². The highest BCUT2D eigenvalue weighted by molar-refractivity contribution is 6.29. The number of aromatic nitrogens is 2. The molecule has 0 amide bonds. The van der Waals surface area contributed by atoms with E-state index in [9.17, 15) is 0 Å². The average Bonchev–Trinajstić information content (AvgIpc) is 2.88. The van der Waals surface area contributed by atoms with Crippen molar-refractivity contribution in [3.63, 3.8) is 0 Å². The highest BCUT2D eigenvalue weighted by atomic mass is 35.5. The molecule has 1 aliphatic heterocycles. The van der Waals surface area contributed by atoms with Gasteiger partial charge >= 0.3 is 0 Å². The van der Waals surface area contributed by atoms with Crippen molar-refractivity contribution in [1.29, 1.82) is 0 Å². The van der Waals surface area contributed by atoms with Gasteiger partial charge in [-0.1, -0.05) is 23.7 Å². The minimum atomic E-state index is 0.680. The molecule has 1 fully saturated rings. The maximum Gasteiger partial charge on any atom is 0.128 e. The average molecular weight is 333 g/mol. The molecular formula is C18H25ClN4. The third-order valence-electron chi connectivity index (χ3n) is 4.55. The van der Waals surface area contributed by atoms with Crippen molar-refractivity contribution >= 4 is 17.3 Å². The molecule has 0 N–H and O–H groups in total. The van der Waals surface area contributed by atoms with Crippen molar-refractivity contribution in [2.75, 3.05) is 25.0 Å². The third-order valence-corrected chi connectivity index (χ3v) is 4.90. The molecule has 3 rings (SSSR count). The first kappa shape index (κ1) is 16.3. The van der Waals surface area contributed by atoms with Crippen LogP contribution in [0.4, 0.5) is 5.69 Å². The number of piperidine rings is 1. The molecule has 23 heavy (non-hydrogen) atoms. The third kappa shape index (κ3) is 4.06. The van der Waals surface area contributed by atoms with Crippen molar-refractivity contribution in [3.05, 3.63) is 47.0 Å². The zero-order valence-corrected chi connectivity index (χ0v) is 14.8. The Morgan fingerprint density at radius 2 is 1.78 bits per heavy atom. The Morgan fingerprint density at radius 3 is 2.39 bits per heavy atom. The fraction of sp³-hybridized carbons (Fsp3) is 0.500. The lowest BCUT2D eigenvalue weighted by Crippen LogP contribution is -2.29. The Hall–Kier alpha value is -1.52. The molecule has 2 heterocycles. The van der Waals surface area contributed by atoms with Crippen LogP contribution in [0.3, 0.4) is 0 Å². The van der Waals surface area contributed by atoms with E-state index in [1.165, 1.54) is 43.6 Å². The van der Waals surface area contributed by atoms with Crippen LogP contribution >= 0.6 is 11.6 Å². The van der Waals surface area contributed by atoms with E-state index < -0.39 is 0 Å². The molecule has 1 aliphatic rings. The molecule has 2 aromatic rings. The fourth-order valence-corrected chi connectivity index (χ4v) is 3.29. The van der Waals surface area contributed by atoms with Gasteiger partial charge in [0, 0.05) is 32.4 Å². The topological polar surface area (TPSA) is 24.3 Å². The smallest absolute Gasteiger partial charge is 0.128 e. The van der Waals surface area contributed by atoms with Crippen LogP contribution in [0.25, 0.3) is 0 Å². The Morgan fingerprint density at radius 1 is 1.09 bits per heavy atom. The van der Waals surface area contributed by atoms with Crippen molar-refractivity contribution in [2.45, 2.75) is 32.4 Å². The molecular weight excluding hydrogens is 308 g/mol. The van der Waals surface area contributed by atoms with Crippen LogP contribution in [0.1, 0.15) is 30.7 Å². The number of anilines is 1. The molecule has 0 radical (unpaired) electrons. The Labute approximate surface area is 143 Å². The van der Waals surface area contributed by atoms with E-state index in [1.54, 1.807) is 6.20 Å². The summed E-state index contributed by atoms with van der Waals surface area (Å²) in [6.07, 6.45) is 5.71. The quantitative estimate of drug-likeness (QED) is 0.834. The molecule has 124 valence electrons. The summed E-state index contributed by atoms with van der Waals surface area (Å²) in [5.41, 5.74) is 2.68. The molecule has 1 aromatic heterocycles. The SMILES string of the molecule is CN(Cc1ccc(N2CCCCC2)cc1)Cc1ncc(Cl)n1C. The van der Waals surface area contributed by atoms with Gasteiger partial charge in [0.2, 0.25) is 0 Å². The summed E-state index contributed by atoms with van der Waals surface area (Å²) in [5, 5.41) is 0.680. The first-order chi connectivity index (χ1) is 11.1. The van der Waals surface area contributed by atoms with Crippen LogP contribution in [0.15, 0.2) is 30.5 Å². The predicted molar refractivity (Wildman–Crippen MR) is 95.9 cm³/mol. The number of hydrogen-bond acceptors (Lipinski definition) is 3. The summed E-state index contributed by atoms with van der Waals surface area (Å²) in [4.78, 5) is 9.11. The van der Waals surface area contributed by atoms with Crippen LogP contribution in [0.5, 0.6) is 0 Å². The lowest BCUT2D eigenvalue weighted by Gasteiger charge is -2.29. The molecule has 1 aromatic carbocycles. The molecule has 0 saturated carbocycles. The minimum Gasteiger partial charge on any atom is -0.372 e. The maximum absolute atomic E-state index is 6.04. The van der Waals surface area contributed by atoms with Gasteiger partial charge in [0.05, 0.1) is 12.7 Å². The normalized spacial score (nSPS) is 15.4. The zero-order valence-electron chi connectivity index (χ0n) is 14.0. The van der Waals surface area contributed by atoms with Gasteiger partial charge in [0.25, 0.3) is 0 Å². The van der Waals surface area contributed by atoms with Gasteiger partial charge in [-0.3, -0.25) is 4.90 Å². The molecule has 0 aliphatic carbocycles. The van der Waals surface area contributed by atoms with Crippen molar-refractivity contribution in [2.24, 2.45) is 7.05 Å². The largest absolute Gasteiger partial charge is 0.372 e. The van der Waals surface area contributed by atoms with E-state index in [2.05, 4.69) is 46.1 Å². The second-order valence-corrected chi connectivity index (χ2v) is 6.83. The molecule has 4 nitrogen and oxygen atoms in total. The van der Waals surface area contributed by atoms with Crippen LogP contribution in [-0.2, 0) is 20.1 Å². The molecule has 0 unspecified atom stereocenters. The summed E-state index contributed by atoms with van der Waals surface area (Å²) in [6.45, 7) is 4.08. The number of halogens is 1. The van der Waals surface area contributed by atoms with E-state index in [0.717, 1.165) is 18.9 Å². The number of imidazole rings is 1. The lowest BCUT2D eigenvalue weighted by atomic mass is 10.1. The Kier molecular flexibility index (Phi) is 5.23. The second-order valence-electron chi connectivity index (χ2n) is 6.44. The minimum absolute atomic E-state index is 0.680. The van der Waals surface area contributed by atoms with E-state index >= 15 is 0 Å². The van der Waals surface area contributed by atoms with E-state index in [0.29, 0.717) is 5.15 Å². The highest BCUT2D eigenvalue weighted by Crippen LogP contribution is 2.21. The Bertz CT molecular complexity index is 629. The Balaban J connectivity index is 1.58. The van der Waals surface area contributed by atoms with Crippen LogP contribution in [0, 0.1) is 0 Å². The van der Waals surface area contributed by atoms with Crippen molar-refractivity contribution in [3.8, 4) is 0 Å². The van der Waals surface area contributed by atoms with E-state index in [4.69, 9.17) is 11.6 Å². The summed E-state index contributed by atoms with van der Waals surface area (Å²) < 4.78 is 1.93. The maximum atomic E-state index is 6.04. The van der Waals surface area contributed by atoms with Gasteiger partial charge in [-0.05, 0) is 44.0 Å². The monoisotopic (exact) mass is 332 g/mol. The summed E-state index contributed by atoms with van der Waals surface area (Å²) >= 11 is 6.04. The standard InChI is InChI=1S/C18H25ClN4/c1-21(14-18-20-12-17(19)22(18)2)13-15-6-8-16(9-7-15)23-10-4-3-5-11-23/h6-9,12H,3-5,10-11,13-14H2,1-2H3. The molecule has 5 heteroatoms. The first-order valence-electron chi connectivity index (χ1n) is 8.32. The summed E-state index contributed by atoms with van der Waals surface area (Å²) in [7, 11) is 4.06. The lowest BCUT2D eigenvalue weighted by molar-refractivity contribution is 0.307. The molecule has 0 bridgehead atoms. The zero-order chi connectivity index (χ0) is 16.2. The number of nitrogens with zero attached hydrogens (tertiary/aromatic N) is 4. The fourth-order valence-electron chi connectivity index (χ4n) is 3.14. The summed E-state index contributed by atoms with van der Waals surface area (Å²) in [5.74, 6) is 0.988. The van der Waals surface area contributed by atoms with Gasteiger partial charge < -0.3 is 9.47 Å². The van der Waals surface area contributed by atoms with Crippen molar-refractivity contribution < 1.29 is 0 Å². The van der Waals surface area contributed by atoms with Crippen LogP contribution in [-0.4, -0.2) is 34.6 Å². The van der Waals surface area contributed by atoms with Gasteiger partial charge in [0.1, 0.15) is 11.0 Å². The molecule has 0 atom stereocenters. The van der Waals surface area contributed by atoms with Gasteiger partial charge in [-0.25, -0.2) is 4.98 Å². The van der Waals surface area contributed by atoms with Crippen LogP contribution < -0.4 is 4.90 Å². The number of hydrogen-bond donors (Lipinski definition) is 0. The number of benzene rings is 1. The molecule has 0 spiro atoms. The van der Waals surface area contributed by atoms with E-state index in [-0.39, 0.29) is 0 Å². The van der Waals surface area contributed by atoms with Crippen molar-refractivity contribution in [1.82, 2.24) is 14.5 Å². The van der Waals surface area contributed by atoms with Crippen LogP contribution in [0.2, 0.25) is 5.15 Å². The molecule has 1 saturated heterocycles. The summed E-state index contributed by atoms with van der Waals surface area (Å²) in [6, 6.07) is 9.00. The van der Waals surface area contributed by atoms with Gasteiger partial charge in [-0.2, -0.15) is 0 Å². The van der Waals surface area contributed by atoms with Gasteiger partial charge in [0.15, 0.2) is 0 Å². The highest BCUT2D eigenvalue weighted by Gasteiger charge is 2.11. The second kappa shape index (κ2) is 7.37. The van der Waals surface area contributed by atoms with Gasteiger partial charge in [-0.15, -0.1) is 0 Å². The predicted octanol–water partition coefficient (Wildman–Crippen LogP) is 3.70. The first-order valence-corrected chi connectivity index (χ1v) is 8.70. The number of rotatable bonds is 5.